The first kappa shape index (κ1) is 12.7. The third-order valence-electron chi connectivity index (χ3n) is 2.66. The quantitative estimate of drug-likeness (QED) is 0.797. The molecule has 2 aromatic rings. The van der Waals surface area contributed by atoms with E-state index in [0.717, 1.165) is 10.8 Å². The van der Waals surface area contributed by atoms with Gasteiger partial charge in [0.2, 0.25) is 0 Å². The van der Waals surface area contributed by atoms with Gasteiger partial charge in [0.25, 0.3) is 0 Å². The van der Waals surface area contributed by atoms with Crippen LogP contribution < -0.4 is 4.74 Å². The highest BCUT2D eigenvalue weighted by atomic mass is 35.5. The van der Waals surface area contributed by atoms with E-state index in [1.807, 2.05) is 30.3 Å². The molecule has 0 aliphatic carbocycles. The van der Waals surface area contributed by atoms with Crippen molar-refractivity contribution in [3.05, 3.63) is 41.4 Å². The van der Waals surface area contributed by atoms with Crippen molar-refractivity contribution in [3.8, 4) is 5.75 Å². The van der Waals surface area contributed by atoms with E-state index in [2.05, 4.69) is 4.74 Å². The van der Waals surface area contributed by atoms with Crippen LogP contribution in [0.25, 0.3) is 10.8 Å². The van der Waals surface area contributed by atoms with Crippen LogP contribution in [0.2, 0.25) is 5.02 Å². The molecule has 1 atom stereocenters. The lowest BCUT2D eigenvalue weighted by atomic mass is 10.1. The molecule has 0 fully saturated rings. The second kappa shape index (κ2) is 5.27. The Hall–Kier alpha value is -1.74. The number of benzene rings is 2. The van der Waals surface area contributed by atoms with Gasteiger partial charge in [-0.1, -0.05) is 41.9 Å². The molecule has 0 saturated heterocycles. The highest BCUT2D eigenvalue weighted by Gasteiger charge is 2.17. The minimum atomic E-state index is -0.686. The molecule has 4 heteroatoms. The lowest BCUT2D eigenvalue weighted by Crippen LogP contribution is -2.25. The fourth-order valence-corrected chi connectivity index (χ4v) is 1.99. The number of carbonyl (C=O) groups is 1. The van der Waals surface area contributed by atoms with Crippen LogP contribution in [-0.4, -0.2) is 19.2 Å². The number of ether oxygens (including phenoxy) is 2. The Morgan fingerprint density at radius 2 is 1.94 bits per heavy atom. The summed E-state index contributed by atoms with van der Waals surface area (Å²) in [5.41, 5.74) is 0. The first-order chi connectivity index (χ1) is 8.63. The Morgan fingerprint density at radius 3 is 2.67 bits per heavy atom. The monoisotopic (exact) mass is 264 g/mol. The predicted octanol–water partition coefficient (Wildman–Crippen LogP) is 3.43. The van der Waals surface area contributed by atoms with Crippen LogP contribution in [0.1, 0.15) is 6.92 Å². The van der Waals surface area contributed by atoms with Crippen molar-refractivity contribution in [1.82, 2.24) is 0 Å². The molecule has 2 rings (SSSR count). The summed E-state index contributed by atoms with van der Waals surface area (Å²) in [6.07, 6.45) is -0.686. The van der Waals surface area contributed by atoms with Gasteiger partial charge >= 0.3 is 5.97 Å². The molecule has 0 aliphatic heterocycles. The number of methoxy groups -OCH3 is 1. The van der Waals surface area contributed by atoms with E-state index in [9.17, 15) is 4.79 Å². The maximum absolute atomic E-state index is 11.3. The average molecular weight is 265 g/mol. The van der Waals surface area contributed by atoms with Crippen molar-refractivity contribution in [2.24, 2.45) is 0 Å². The van der Waals surface area contributed by atoms with Gasteiger partial charge in [-0.25, -0.2) is 4.79 Å². The minimum Gasteiger partial charge on any atom is -0.477 e. The van der Waals surface area contributed by atoms with Crippen LogP contribution in [0.4, 0.5) is 0 Å². The summed E-state index contributed by atoms with van der Waals surface area (Å²) < 4.78 is 10.1. The van der Waals surface area contributed by atoms with Gasteiger partial charge in [-0.2, -0.15) is 0 Å². The van der Waals surface area contributed by atoms with Crippen LogP contribution in [0.15, 0.2) is 36.4 Å². The number of halogens is 1. The summed E-state index contributed by atoms with van der Waals surface area (Å²) in [5.74, 6) is 0.0486. The Morgan fingerprint density at radius 1 is 1.22 bits per heavy atom. The average Bonchev–Trinajstić information content (AvgIpc) is 2.41. The van der Waals surface area contributed by atoms with Gasteiger partial charge in [-0.15, -0.1) is 0 Å². The maximum Gasteiger partial charge on any atom is 0.346 e. The number of rotatable bonds is 3. The second-order valence-electron chi connectivity index (χ2n) is 3.88. The lowest BCUT2D eigenvalue weighted by Gasteiger charge is -2.14. The molecule has 3 nitrogen and oxygen atoms in total. The zero-order valence-corrected chi connectivity index (χ0v) is 10.9. The molecule has 0 unspecified atom stereocenters. The van der Waals surface area contributed by atoms with Crippen molar-refractivity contribution >= 4 is 28.3 Å². The highest BCUT2D eigenvalue weighted by Crippen LogP contribution is 2.33. The molecular weight excluding hydrogens is 252 g/mol. The second-order valence-corrected chi connectivity index (χ2v) is 4.26. The van der Waals surface area contributed by atoms with Crippen LogP contribution in [0.3, 0.4) is 0 Å². The number of hydrogen-bond acceptors (Lipinski definition) is 3. The van der Waals surface area contributed by atoms with E-state index in [-0.39, 0.29) is 0 Å². The fraction of sp³-hybridized carbons (Fsp3) is 0.214. The van der Waals surface area contributed by atoms with Crippen molar-refractivity contribution < 1.29 is 14.3 Å². The van der Waals surface area contributed by atoms with Gasteiger partial charge in [0.15, 0.2) is 6.10 Å². The molecule has 94 valence electrons. The van der Waals surface area contributed by atoms with E-state index in [1.54, 1.807) is 13.0 Å². The summed E-state index contributed by atoms with van der Waals surface area (Å²) in [4.78, 5) is 11.3. The first-order valence-corrected chi connectivity index (χ1v) is 5.93. The maximum atomic E-state index is 11.3. The predicted molar refractivity (Wildman–Crippen MR) is 71.1 cm³/mol. The zero-order valence-electron chi connectivity index (χ0n) is 10.1. The number of hydrogen-bond donors (Lipinski definition) is 0. The van der Waals surface area contributed by atoms with Crippen molar-refractivity contribution in [2.75, 3.05) is 7.11 Å². The summed E-state index contributed by atoms with van der Waals surface area (Å²) in [6.45, 7) is 1.62. The normalized spacial score (nSPS) is 12.2. The standard InChI is InChI=1S/C14H13ClO3/c1-9(14(16)17-2)18-12-8-7-10-5-3-4-6-11(10)13(12)15/h3-9H,1-2H3/t9-/m0/s1. The molecule has 0 saturated carbocycles. The molecule has 0 bridgehead atoms. The van der Waals surface area contributed by atoms with Gasteiger partial charge in [-0.05, 0) is 18.4 Å². The Balaban J connectivity index is 2.35. The molecule has 0 aliphatic rings. The van der Waals surface area contributed by atoms with Gasteiger partial charge in [0, 0.05) is 5.39 Å². The Kier molecular flexibility index (Phi) is 3.72. The molecule has 18 heavy (non-hydrogen) atoms. The third-order valence-corrected chi connectivity index (χ3v) is 3.05. The number of esters is 1. The van der Waals surface area contributed by atoms with E-state index >= 15 is 0 Å². The first-order valence-electron chi connectivity index (χ1n) is 5.55. The summed E-state index contributed by atoms with van der Waals surface area (Å²) in [6, 6.07) is 11.4. The molecule has 0 heterocycles. The molecule has 0 N–H and O–H groups in total. The van der Waals surface area contributed by atoms with Crippen LogP contribution in [0, 0.1) is 0 Å². The van der Waals surface area contributed by atoms with Crippen LogP contribution in [0.5, 0.6) is 5.75 Å². The lowest BCUT2D eigenvalue weighted by molar-refractivity contribution is -0.147. The van der Waals surface area contributed by atoms with E-state index in [4.69, 9.17) is 16.3 Å². The summed E-state index contributed by atoms with van der Waals surface area (Å²) in [5, 5.41) is 2.43. The van der Waals surface area contributed by atoms with Crippen molar-refractivity contribution in [2.45, 2.75) is 13.0 Å². The third kappa shape index (κ3) is 2.41. The molecule has 0 radical (unpaired) electrons. The van der Waals surface area contributed by atoms with Gasteiger partial charge < -0.3 is 9.47 Å². The van der Waals surface area contributed by atoms with Crippen LogP contribution >= 0.6 is 11.6 Å². The van der Waals surface area contributed by atoms with Gasteiger partial charge in [0.1, 0.15) is 5.75 Å². The van der Waals surface area contributed by atoms with Gasteiger partial charge in [-0.3, -0.25) is 0 Å². The SMILES string of the molecule is COC(=O)[C@H](C)Oc1ccc2ccccc2c1Cl. The van der Waals surface area contributed by atoms with E-state index in [0.29, 0.717) is 10.8 Å². The number of fused-ring (bicyclic) bond motifs is 1. The molecular formula is C14H13ClO3. The fourth-order valence-electron chi connectivity index (χ4n) is 1.71. The summed E-state index contributed by atoms with van der Waals surface area (Å²) >= 11 is 6.26. The Labute approximate surface area is 110 Å². The minimum absolute atomic E-state index is 0.431. The highest BCUT2D eigenvalue weighted by molar-refractivity contribution is 6.37. The number of carbonyl (C=O) groups excluding carboxylic acids is 1. The topological polar surface area (TPSA) is 35.5 Å². The van der Waals surface area contributed by atoms with Crippen LogP contribution in [-0.2, 0) is 9.53 Å². The molecule has 0 amide bonds. The van der Waals surface area contributed by atoms with E-state index < -0.39 is 12.1 Å². The smallest absolute Gasteiger partial charge is 0.346 e. The molecule has 0 spiro atoms. The zero-order chi connectivity index (χ0) is 13.1. The largest absolute Gasteiger partial charge is 0.477 e. The van der Waals surface area contributed by atoms with E-state index in [1.165, 1.54) is 7.11 Å². The molecule has 2 aromatic carbocycles. The Bertz CT molecular complexity index is 580. The van der Waals surface area contributed by atoms with Crippen molar-refractivity contribution in [1.29, 1.82) is 0 Å². The van der Waals surface area contributed by atoms with Crippen molar-refractivity contribution in [3.63, 3.8) is 0 Å². The summed E-state index contributed by atoms with van der Waals surface area (Å²) in [7, 11) is 1.32. The van der Waals surface area contributed by atoms with Gasteiger partial charge in [0.05, 0.1) is 12.1 Å². The molecule has 0 aromatic heterocycles.